The normalized spacial score (nSPS) is 22.8. The molecule has 1 fully saturated rings. The van der Waals surface area contributed by atoms with Crippen LogP contribution < -0.4 is 0 Å². The number of hydrogen-bond acceptors (Lipinski definition) is 1. The molecule has 2 heteroatoms. The molecule has 1 heterocycles. The Hall–Kier alpha value is -0.790. The number of carbonyl (C=O) groups excluding carboxylic acids is 1. The standard InChI is InChI=1S/C10H15NO/c1-2-8-5-6-11(7-8)10(12)9-3-4-9/h5,9H,2-4,6-7H2,1H3. The van der Waals surface area contributed by atoms with E-state index in [0.29, 0.717) is 11.8 Å². The van der Waals surface area contributed by atoms with Gasteiger partial charge in [0.1, 0.15) is 0 Å². The highest BCUT2D eigenvalue weighted by Crippen LogP contribution is 2.32. The molecule has 66 valence electrons. The third-order valence-electron chi connectivity index (χ3n) is 2.69. The maximum Gasteiger partial charge on any atom is 0.226 e. The fraction of sp³-hybridized carbons (Fsp3) is 0.700. The van der Waals surface area contributed by atoms with Gasteiger partial charge in [-0.1, -0.05) is 18.6 Å². The molecule has 0 radical (unpaired) electrons. The number of amides is 1. The van der Waals surface area contributed by atoms with Crippen molar-refractivity contribution in [2.45, 2.75) is 26.2 Å². The summed E-state index contributed by atoms with van der Waals surface area (Å²) >= 11 is 0. The zero-order valence-corrected chi connectivity index (χ0v) is 7.55. The topological polar surface area (TPSA) is 20.3 Å². The Morgan fingerprint density at radius 2 is 2.42 bits per heavy atom. The first-order valence-electron chi connectivity index (χ1n) is 4.78. The van der Waals surface area contributed by atoms with Crippen molar-refractivity contribution in [3.8, 4) is 0 Å². The van der Waals surface area contributed by atoms with Crippen LogP contribution in [0.4, 0.5) is 0 Å². The van der Waals surface area contributed by atoms with Gasteiger partial charge in [0, 0.05) is 19.0 Å². The highest BCUT2D eigenvalue weighted by atomic mass is 16.2. The van der Waals surface area contributed by atoms with E-state index in [-0.39, 0.29) is 0 Å². The summed E-state index contributed by atoms with van der Waals surface area (Å²) in [5.74, 6) is 0.768. The van der Waals surface area contributed by atoms with Gasteiger partial charge in [-0.15, -0.1) is 0 Å². The number of hydrogen-bond donors (Lipinski definition) is 0. The third kappa shape index (κ3) is 1.38. The number of carbonyl (C=O) groups is 1. The maximum absolute atomic E-state index is 11.6. The van der Waals surface area contributed by atoms with Gasteiger partial charge in [0.05, 0.1) is 0 Å². The van der Waals surface area contributed by atoms with Gasteiger partial charge in [0.25, 0.3) is 0 Å². The highest BCUT2D eigenvalue weighted by Gasteiger charge is 2.34. The van der Waals surface area contributed by atoms with Crippen molar-refractivity contribution in [2.75, 3.05) is 13.1 Å². The van der Waals surface area contributed by atoms with E-state index in [1.165, 1.54) is 5.57 Å². The Balaban J connectivity index is 1.88. The van der Waals surface area contributed by atoms with Crippen LogP contribution in [0.15, 0.2) is 11.6 Å². The maximum atomic E-state index is 11.6. The lowest BCUT2D eigenvalue weighted by atomic mass is 10.2. The van der Waals surface area contributed by atoms with E-state index in [9.17, 15) is 4.79 Å². The minimum absolute atomic E-state index is 0.384. The first kappa shape index (κ1) is 7.84. The van der Waals surface area contributed by atoms with Gasteiger partial charge in [-0.2, -0.15) is 0 Å². The molecule has 0 atom stereocenters. The molecular weight excluding hydrogens is 150 g/mol. The van der Waals surface area contributed by atoms with Gasteiger partial charge in [0.2, 0.25) is 5.91 Å². The van der Waals surface area contributed by atoms with Gasteiger partial charge in [-0.25, -0.2) is 0 Å². The van der Waals surface area contributed by atoms with Crippen molar-refractivity contribution in [3.05, 3.63) is 11.6 Å². The van der Waals surface area contributed by atoms with E-state index in [1.807, 2.05) is 4.90 Å². The Morgan fingerprint density at radius 3 is 2.92 bits per heavy atom. The van der Waals surface area contributed by atoms with Gasteiger partial charge >= 0.3 is 0 Å². The second-order valence-electron chi connectivity index (χ2n) is 3.71. The van der Waals surface area contributed by atoms with Crippen molar-refractivity contribution in [1.82, 2.24) is 4.90 Å². The smallest absolute Gasteiger partial charge is 0.226 e. The second-order valence-corrected chi connectivity index (χ2v) is 3.71. The van der Waals surface area contributed by atoms with E-state index in [0.717, 1.165) is 32.4 Å². The van der Waals surface area contributed by atoms with Crippen molar-refractivity contribution < 1.29 is 4.79 Å². The van der Waals surface area contributed by atoms with Crippen LogP contribution in [0.1, 0.15) is 26.2 Å². The van der Waals surface area contributed by atoms with Crippen LogP contribution in [0, 0.1) is 5.92 Å². The largest absolute Gasteiger partial charge is 0.335 e. The molecule has 2 rings (SSSR count). The van der Waals surface area contributed by atoms with E-state index < -0.39 is 0 Å². The summed E-state index contributed by atoms with van der Waals surface area (Å²) in [7, 11) is 0. The second kappa shape index (κ2) is 2.92. The first-order chi connectivity index (χ1) is 5.81. The predicted octanol–water partition coefficient (Wildman–Crippen LogP) is 1.58. The van der Waals surface area contributed by atoms with Crippen LogP contribution in [-0.4, -0.2) is 23.9 Å². The molecule has 0 unspecified atom stereocenters. The minimum atomic E-state index is 0.384. The molecule has 1 amide bonds. The fourth-order valence-electron chi connectivity index (χ4n) is 1.63. The molecule has 0 aromatic rings. The predicted molar refractivity (Wildman–Crippen MR) is 47.7 cm³/mol. The Bertz CT molecular complexity index is 228. The summed E-state index contributed by atoms with van der Waals surface area (Å²) in [6.45, 7) is 3.90. The summed E-state index contributed by atoms with van der Waals surface area (Å²) in [5.41, 5.74) is 1.42. The molecule has 0 bridgehead atoms. The molecular formula is C10H15NO. The molecule has 0 spiro atoms. The Morgan fingerprint density at radius 1 is 1.67 bits per heavy atom. The van der Waals surface area contributed by atoms with Crippen molar-refractivity contribution >= 4 is 5.91 Å². The number of nitrogens with zero attached hydrogens (tertiary/aromatic N) is 1. The third-order valence-corrected chi connectivity index (χ3v) is 2.69. The summed E-state index contributed by atoms with van der Waals surface area (Å²) in [4.78, 5) is 13.5. The lowest BCUT2D eigenvalue weighted by Crippen LogP contribution is -2.30. The Labute approximate surface area is 73.2 Å². The molecule has 0 N–H and O–H groups in total. The average Bonchev–Trinajstić information content (AvgIpc) is 2.82. The van der Waals surface area contributed by atoms with Crippen molar-refractivity contribution in [3.63, 3.8) is 0 Å². The zero-order valence-electron chi connectivity index (χ0n) is 7.55. The summed E-state index contributed by atoms with van der Waals surface area (Å²) < 4.78 is 0. The van der Waals surface area contributed by atoms with Gasteiger partial charge in [-0.3, -0.25) is 4.79 Å². The van der Waals surface area contributed by atoms with E-state index in [1.54, 1.807) is 0 Å². The van der Waals surface area contributed by atoms with Crippen LogP contribution in [-0.2, 0) is 4.79 Å². The molecule has 2 aliphatic rings. The molecule has 1 aliphatic carbocycles. The first-order valence-corrected chi connectivity index (χ1v) is 4.78. The monoisotopic (exact) mass is 165 g/mol. The zero-order chi connectivity index (χ0) is 8.55. The van der Waals surface area contributed by atoms with Crippen molar-refractivity contribution in [1.29, 1.82) is 0 Å². The van der Waals surface area contributed by atoms with Crippen LogP contribution in [0.5, 0.6) is 0 Å². The lowest BCUT2D eigenvalue weighted by Gasteiger charge is -2.15. The lowest BCUT2D eigenvalue weighted by molar-refractivity contribution is -0.131. The molecule has 1 saturated carbocycles. The van der Waals surface area contributed by atoms with Crippen molar-refractivity contribution in [2.24, 2.45) is 5.92 Å². The number of rotatable bonds is 2. The van der Waals surface area contributed by atoms with Crippen LogP contribution in [0.25, 0.3) is 0 Å². The summed E-state index contributed by atoms with van der Waals surface area (Å²) in [5, 5.41) is 0. The van der Waals surface area contributed by atoms with E-state index in [4.69, 9.17) is 0 Å². The van der Waals surface area contributed by atoms with E-state index >= 15 is 0 Å². The quantitative estimate of drug-likeness (QED) is 0.569. The Kier molecular flexibility index (Phi) is 1.91. The summed E-state index contributed by atoms with van der Waals surface area (Å²) in [6.07, 6.45) is 5.53. The van der Waals surface area contributed by atoms with Gasteiger partial charge in [-0.05, 0) is 19.3 Å². The average molecular weight is 165 g/mol. The molecule has 2 nitrogen and oxygen atoms in total. The van der Waals surface area contributed by atoms with Gasteiger partial charge < -0.3 is 4.90 Å². The molecule has 12 heavy (non-hydrogen) atoms. The van der Waals surface area contributed by atoms with Crippen LogP contribution >= 0.6 is 0 Å². The molecule has 0 aromatic carbocycles. The SMILES string of the molecule is CCC1=CCN(C(=O)C2CC2)C1. The summed E-state index contributed by atoms with van der Waals surface area (Å²) in [6, 6.07) is 0. The van der Waals surface area contributed by atoms with Crippen LogP contribution in [0.2, 0.25) is 0 Å². The molecule has 0 saturated heterocycles. The van der Waals surface area contributed by atoms with Gasteiger partial charge in [0.15, 0.2) is 0 Å². The van der Waals surface area contributed by atoms with E-state index in [2.05, 4.69) is 13.0 Å². The minimum Gasteiger partial charge on any atom is -0.335 e. The molecule has 0 aromatic heterocycles. The van der Waals surface area contributed by atoms with Crippen LogP contribution in [0.3, 0.4) is 0 Å². The fourth-order valence-corrected chi connectivity index (χ4v) is 1.63. The molecule has 1 aliphatic heterocycles. The highest BCUT2D eigenvalue weighted by molar-refractivity contribution is 5.81.